The second-order valence-corrected chi connectivity index (χ2v) is 8.08. The van der Waals surface area contributed by atoms with E-state index in [0.717, 1.165) is 31.9 Å². The van der Waals surface area contributed by atoms with E-state index in [-0.39, 0.29) is 18.5 Å². The molecule has 0 aliphatic carbocycles. The van der Waals surface area contributed by atoms with Crippen LogP contribution in [0.2, 0.25) is 0 Å². The highest BCUT2D eigenvalue weighted by Gasteiger charge is 2.30. The van der Waals surface area contributed by atoms with Crippen molar-refractivity contribution in [2.75, 3.05) is 57.8 Å². The predicted octanol–water partition coefficient (Wildman–Crippen LogP) is 0.782. The van der Waals surface area contributed by atoms with Gasteiger partial charge >= 0.3 is 0 Å². The normalized spacial score (nSPS) is 23.3. The molecule has 2 aliphatic heterocycles. The Morgan fingerprint density at radius 1 is 1.20 bits per heavy atom. The molecule has 1 amide bonds. The lowest BCUT2D eigenvalue weighted by molar-refractivity contribution is -0.123. The molecular weight excluding hydrogens is 385 g/mol. The molecule has 0 bridgehead atoms. The Balaban J connectivity index is 1.46. The fourth-order valence-corrected chi connectivity index (χ4v) is 4.21. The van der Waals surface area contributed by atoms with Gasteiger partial charge in [0.1, 0.15) is 23.3 Å². The highest BCUT2D eigenvalue weighted by atomic mass is 19.1. The summed E-state index contributed by atoms with van der Waals surface area (Å²) in [6.07, 6.45) is 2.35. The highest BCUT2D eigenvalue weighted by Crippen LogP contribution is 2.29. The lowest BCUT2D eigenvalue weighted by Crippen LogP contribution is -2.54. The molecule has 2 saturated heterocycles. The minimum absolute atomic E-state index is 0.0666. The van der Waals surface area contributed by atoms with Crippen molar-refractivity contribution in [3.8, 4) is 6.07 Å². The molecule has 2 atom stereocenters. The Morgan fingerprint density at radius 3 is 2.67 bits per heavy atom. The Kier molecular flexibility index (Phi) is 6.06. The number of piperazine rings is 1. The van der Waals surface area contributed by atoms with Crippen LogP contribution in [0.15, 0.2) is 24.5 Å². The van der Waals surface area contributed by atoms with Crippen LogP contribution in [0.1, 0.15) is 12.0 Å². The molecule has 30 heavy (non-hydrogen) atoms. The van der Waals surface area contributed by atoms with E-state index in [1.165, 1.54) is 0 Å². The molecule has 0 radical (unpaired) electrons. The topological polar surface area (TPSA) is 88.4 Å². The summed E-state index contributed by atoms with van der Waals surface area (Å²) in [7, 11) is 2.08. The number of piperidine rings is 1. The maximum absolute atomic E-state index is 14.6. The van der Waals surface area contributed by atoms with Crippen LogP contribution in [0.25, 0.3) is 11.0 Å². The van der Waals surface area contributed by atoms with Crippen LogP contribution in [0.5, 0.6) is 0 Å². The maximum atomic E-state index is 14.6. The smallest absolute Gasteiger partial charge is 0.234 e. The van der Waals surface area contributed by atoms with Gasteiger partial charge in [0.2, 0.25) is 5.91 Å². The molecule has 2 fully saturated rings. The Morgan fingerprint density at radius 2 is 1.93 bits per heavy atom. The average molecular weight is 411 g/mol. The molecule has 1 aromatic carbocycles. The first-order valence-corrected chi connectivity index (χ1v) is 10.3. The first kappa shape index (κ1) is 20.4. The third-order valence-corrected chi connectivity index (χ3v) is 5.79. The third-order valence-electron chi connectivity index (χ3n) is 5.79. The molecule has 1 N–H and O–H groups in total. The largest absolute Gasteiger partial charge is 0.365 e. The number of rotatable bonds is 4. The van der Waals surface area contributed by atoms with Crippen molar-refractivity contribution in [2.45, 2.75) is 18.6 Å². The van der Waals surface area contributed by atoms with Gasteiger partial charge in [0.25, 0.3) is 0 Å². The number of amides is 1. The van der Waals surface area contributed by atoms with Gasteiger partial charge in [0, 0.05) is 64.1 Å². The number of alkyl halides is 1. The van der Waals surface area contributed by atoms with Crippen LogP contribution >= 0.6 is 0 Å². The number of likely N-dealkylation sites (N-methyl/N-ethyl adjacent to an activating group) is 1. The van der Waals surface area contributed by atoms with Crippen molar-refractivity contribution < 1.29 is 9.18 Å². The zero-order valence-electron chi connectivity index (χ0n) is 17.1. The molecular formula is C21H26FN7O. The van der Waals surface area contributed by atoms with Crippen LogP contribution in [0.4, 0.5) is 10.1 Å². The molecule has 158 valence electrons. The number of aromatic nitrogens is 2. The van der Waals surface area contributed by atoms with Crippen molar-refractivity contribution in [3.63, 3.8) is 0 Å². The van der Waals surface area contributed by atoms with Gasteiger partial charge in [-0.15, -0.1) is 0 Å². The zero-order chi connectivity index (χ0) is 21.1. The minimum Gasteiger partial charge on any atom is -0.365 e. The highest BCUT2D eigenvalue weighted by molar-refractivity contribution is 5.92. The second-order valence-electron chi connectivity index (χ2n) is 8.08. The van der Waals surface area contributed by atoms with Crippen molar-refractivity contribution in [1.82, 2.24) is 25.1 Å². The van der Waals surface area contributed by atoms with Crippen LogP contribution < -0.4 is 10.2 Å². The summed E-state index contributed by atoms with van der Waals surface area (Å²) in [5, 5.41) is 12.3. The SMILES string of the molecule is CN1CCN(CC(=O)NC2CC(F)CN(c3ccc(C#N)c4nccnc34)C2)CC1. The van der Waals surface area contributed by atoms with Gasteiger partial charge in [-0.2, -0.15) is 5.26 Å². The van der Waals surface area contributed by atoms with Gasteiger partial charge in [-0.3, -0.25) is 19.7 Å². The Hall–Kier alpha value is -2.83. The van der Waals surface area contributed by atoms with E-state index in [4.69, 9.17) is 0 Å². The van der Waals surface area contributed by atoms with E-state index in [9.17, 15) is 14.4 Å². The van der Waals surface area contributed by atoms with Gasteiger partial charge in [0.05, 0.1) is 17.8 Å². The number of hydrogen-bond acceptors (Lipinski definition) is 7. The fraction of sp³-hybridized carbons (Fsp3) is 0.524. The molecule has 0 spiro atoms. The van der Waals surface area contributed by atoms with Gasteiger partial charge in [-0.05, 0) is 19.2 Å². The molecule has 2 aliphatic rings. The molecule has 3 heterocycles. The van der Waals surface area contributed by atoms with Crippen LogP contribution in [-0.4, -0.2) is 90.7 Å². The van der Waals surface area contributed by atoms with E-state index in [1.807, 2.05) is 4.90 Å². The van der Waals surface area contributed by atoms with Gasteiger partial charge < -0.3 is 15.1 Å². The Labute approximate surface area is 175 Å². The fourth-order valence-electron chi connectivity index (χ4n) is 4.21. The van der Waals surface area contributed by atoms with Gasteiger partial charge in [-0.1, -0.05) is 0 Å². The lowest BCUT2D eigenvalue weighted by Gasteiger charge is -2.37. The number of nitrogens with zero attached hydrogens (tertiary/aromatic N) is 6. The standard InChI is InChI=1S/C21H26FN7O/c1-27-6-8-28(9-7-27)14-19(30)26-17-10-16(22)12-29(13-17)18-3-2-15(11-23)20-21(18)25-5-4-24-20/h2-5,16-17H,6-10,12-14H2,1H3,(H,26,30). The van der Waals surface area contributed by atoms with Crippen LogP contribution in [0, 0.1) is 11.3 Å². The lowest BCUT2D eigenvalue weighted by atomic mass is 10.0. The number of benzene rings is 1. The summed E-state index contributed by atoms with van der Waals surface area (Å²) in [4.78, 5) is 27.5. The Bertz CT molecular complexity index is 954. The molecule has 0 saturated carbocycles. The molecule has 1 aromatic heterocycles. The van der Waals surface area contributed by atoms with E-state index in [1.54, 1.807) is 24.5 Å². The van der Waals surface area contributed by atoms with Crippen LogP contribution in [-0.2, 0) is 4.79 Å². The minimum atomic E-state index is -1.06. The molecule has 9 heteroatoms. The summed E-state index contributed by atoms with van der Waals surface area (Å²) >= 11 is 0. The molecule has 2 aromatic rings. The summed E-state index contributed by atoms with van der Waals surface area (Å²) in [6, 6.07) is 5.32. The number of nitriles is 1. The number of carbonyl (C=O) groups excluding carboxylic acids is 1. The van der Waals surface area contributed by atoms with Crippen LogP contribution in [0.3, 0.4) is 0 Å². The van der Waals surface area contributed by atoms with Gasteiger partial charge in [0.15, 0.2) is 0 Å². The van der Waals surface area contributed by atoms with Crippen molar-refractivity contribution in [3.05, 3.63) is 30.1 Å². The summed E-state index contributed by atoms with van der Waals surface area (Å²) in [5.41, 5.74) is 2.26. The summed E-state index contributed by atoms with van der Waals surface area (Å²) in [6.45, 7) is 4.68. The summed E-state index contributed by atoms with van der Waals surface area (Å²) in [5.74, 6) is -0.0666. The van der Waals surface area contributed by atoms with Crippen molar-refractivity contribution in [2.24, 2.45) is 0 Å². The number of fused-ring (bicyclic) bond motifs is 1. The number of halogens is 1. The van der Waals surface area contributed by atoms with E-state index < -0.39 is 6.17 Å². The molecule has 2 unspecified atom stereocenters. The monoisotopic (exact) mass is 411 g/mol. The molecule has 8 nitrogen and oxygen atoms in total. The first-order valence-electron chi connectivity index (χ1n) is 10.3. The van der Waals surface area contributed by atoms with E-state index >= 15 is 0 Å². The average Bonchev–Trinajstić information content (AvgIpc) is 2.74. The molecule has 4 rings (SSSR count). The van der Waals surface area contributed by atoms with Crippen molar-refractivity contribution in [1.29, 1.82) is 5.26 Å². The first-order chi connectivity index (χ1) is 14.5. The number of anilines is 1. The third kappa shape index (κ3) is 4.50. The van der Waals surface area contributed by atoms with E-state index in [0.29, 0.717) is 36.1 Å². The quantitative estimate of drug-likeness (QED) is 0.795. The maximum Gasteiger partial charge on any atom is 0.234 e. The summed E-state index contributed by atoms with van der Waals surface area (Å²) < 4.78 is 14.6. The number of carbonyl (C=O) groups is 1. The van der Waals surface area contributed by atoms with Gasteiger partial charge in [-0.25, -0.2) is 4.39 Å². The van der Waals surface area contributed by atoms with E-state index in [2.05, 4.69) is 38.2 Å². The van der Waals surface area contributed by atoms with Crippen molar-refractivity contribution >= 4 is 22.6 Å². The predicted molar refractivity (Wildman–Crippen MR) is 112 cm³/mol. The number of hydrogen-bond donors (Lipinski definition) is 1. The number of nitrogens with one attached hydrogen (secondary N) is 1. The second kappa shape index (κ2) is 8.90. The zero-order valence-corrected chi connectivity index (χ0v) is 17.1.